The molecule has 0 atom stereocenters. The zero-order chi connectivity index (χ0) is 15.7. The van der Waals surface area contributed by atoms with E-state index >= 15 is 0 Å². The van der Waals surface area contributed by atoms with Crippen LogP contribution in [0.5, 0.6) is 0 Å². The Bertz CT molecular complexity index is 694. The summed E-state index contributed by atoms with van der Waals surface area (Å²) in [7, 11) is 0. The third-order valence-electron chi connectivity index (χ3n) is 3.37. The molecule has 0 bridgehead atoms. The van der Waals surface area contributed by atoms with Gasteiger partial charge in [-0.15, -0.1) is 0 Å². The molecular formula is C15H12F3N3O. The predicted octanol–water partition coefficient (Wildman–Crippen LogP) is 3.63. The van der Waals surface area contributed by atoms with Crippen LogP contribution in [-0.2, 0) is 6.18 Å². The Morgan fingerprint density at radius 3 is 2.55 bits per heavy atom. The Morgan fingerprint density at radius 1 is 1.18 bits per heavy atom. The lowest BCUT2D eigenvalue weighted by atomic mass is 10.2. The molecule has 3 rings (SSSR count). The first-order chi connectivity index (χ1) is 10.4. The summed E-state index contributed by atoms with van der Waals surface area (Å²) in [5, 5.41) is 2.68. The Hall–Kier alpha value is -2.44. The number of halogens is 3. The highest BCUT2D eigenvalue weighted by molar-refractivity contribution is 6.04. The minimum Gasteiger partial charge on any atom is -0.320 e. The summed E-state index contributed by atoms with van der Waals surface area (Å²) in [5.74, 6) is -0.154. The third kappa shape index (κ3) is 3.08. The van der Waals surface area contributed by atoms with Gasteiger partial charge in [-0.3, -0.25) is 14.8 Å². The average molecular weight is 307 g/mol. The smallest absolute Gasteiger partial charge is 0.320 e. The van der Waals surface area contributed by atoms with Gasteiger partial charge >= 0.3 is 6.18 Å². The van der Waals surface area contributed by atoms with Gasteiger partial charge in [-0.25, -0.2) is 0 Å². The van der Waals surface area contributed by atoms with Crippen LogP contribution >= 0.6 is 0 Å². The van der Waals surface area contributed by atoms with Crippen molar-refractivity contribution in [2.45, 2.75) is 24.9 Å². The first kappa shape index (κ1) is 14.5. The van der Waals surface area contributed by atoms with Gasteiger partial charge in [-0.05, 0) is 37.1 Å². The molecule has 0 spiro atoms. The van der Waals surface area contributed by atoms with Gasteiger partial charge < -0.3 is 5.32 Å². The van der Waals surface area contributed by atoms with Gasteiger partial charge in [0.15, 0.2) is 0 Å². The van der Waals surface area contributed by atoms with Crippen molar-refractivity contribution in [3.63, 3.8) is 0 Å². The van der Waals surface area contributed by atoms with Gasteiger partial charge in [0.1, 0.15) is 5.69 Å². The molecule has 0 saturated heterocycles. The Labute approximate surface area is 124 Å². The summed E-state index contributed by atoms with van der Waals surface area (Å²) in [4.78, 5) is 19.6. The maximum atomic E-state index is 12.4. The molecule has 22 heavy (non-hydrogen) atoms. The van der Waals surface area contributed by atoms with E-state index in [1.54, 1.807) is 18.3 Å². The summed E-state index contributed by atoms with van der Waals surface area (Å²) >= 11 is 0. The van der Waals surface area contributed by atoms with E-state index in [9.17, 15) is 18.0 Å². The minimum atomic E-state index is -4.52. The molecule has 0 radical (unpaired) electrons. The fraction of sp³-hybridized carbons (Fsp3) is 0.267. The van der Waals surface area contributed by atoms with E-state index in [1.807, 2.05) is 0 Å². The highest BCUT2D eigenvalue weighted by Crippen LogP contribution is 2.42. The maximum absolute atomic E-state index is 12.4. The highest BCUT2D eigenvalue weighted by atomic mass is 19.4. The lowest BCUT2D eigenvalue weighted by molar-refractivity contribution is -0.141. The van der Waals surface area contributed by atoms with Crippen LogP contribution in [0.2, 0.25) is 0 Å². The Balaban J connectivity index is 1.77. The molecule has 0 aromatic carbocycles. The summed E-state index contributed by atoms with van der Waals surface area (Å²) in [6, 6.07) is 5.33. The quantitative estimate of drug-likeness (QED) is 0.942. The zero-order valence-corrected chi connectivity index (χ0v) is 11.4. The van der Waals surface area contributed by atoms with Crippen molar-refractivity contribution in [3.8, 4) is 0 Å². The van der Waals surface area contributed by atoms with Crippen molar-refractivity contribution in [1.29, 1.82) is 0 Å². The van der Waals surface area contributed by atoms with Crippen LogP contribution in [0.4, 0.5) is 18.9 Å². The second kappa shape index (κ2) is 5.40. The van der Waals surface area contributed by atoms with Crippen LogP contribution in [0.1, 0.15) is 40.5 Å². The molecule has 1 aliphatic rings. The van der Waals surface area contributed by atoms with Crippen LogP contribution in [0.25, 0.3) is 0 Å². The van der Waals surface area contributed by atoms with Crippen molar-refractivity contribution in [2.75, 3.05) is 5.32 Å². The number of carbonyl (C=O) groups is 1. The molecule has 7 heteroatoms. The van der Waals surface area contributed by atoms with E-state index in [2.05, 4.69) is 15.3 Å². The number of pyridine rings is 2. The fourth-order valence-corrected chi connectivity index (χ4v) is 2.10. The third-order valence-corrected chi connectivity index (χ3v) is 3.37. The van der Waals surface area contributed by atoms with Crippen LogP contribution in [0.3, 0.4) is 0 Å². The van der Waals surface area contributed by atoms with Gasteiger partial charge in [-0.1, -0.05) is 0 Å². The van der Waals surface area contributed by atoms with Crippen molar-refractivity contribution < 1.29 is 18.0 Å². The fourth-order valence-electron chi connectivity index (χ4n) is 2.10. The monoisotopic (exact) mass is 307 g/mol. The van der Waals surface area contributed by atoms with E-state index in [0.717, 1.165) is 36.9 Å². The Kier molecular flexibility index (Phi) is 3.56. The van der Waals surface area contributed by atoms with E-state index < -0.39 is 17.8 Å². The molecule has 0 unspecified atom stereocenters. The molecule has 4 nitrogen and oxygen atoms in total. The van der Waals surface area contributed by atoms with Crippen molar-refractivity contribution >= 4 is 11.6 Å². The molecule has 1 saturated carbocycles. The number of anilines is 1. The predicted molar refractivity (Wildman–Crippen MR) is 73.4 cm³/mol. The summed E-state index contributed by atoms with van der Waals surface area (Å²) in [5.41, 5.74) is 0.452. The molecule has 1 fully saturated rings. The van der Waals surface area contributed by atoms with Gasteiger partial charge in [0.05, 0.1) is 16.9 Å². The highest BCUT2D eigenvalue weighted by Gasteiger charge is 2.32. The van der Waals surface area contributed by atoms with Gasteiger partial charge in [-0.2, -0.15) is 13.2 Å². The lowest BCUT2D eigenvalue weighted by Crippen LogP contribution is -2.15. The van der Waals surface area contributed by atoms with E-state index in [1.165, 1.54) is 0 Å². The molecule has 1 amide bonds. The molecule has 0 aliphatic heterocycles. The average Bonchev–Trinajstić information content (AvgIpc) is 3.32. The number of alkyl halides is 3. The largest absolute Gasteiger partial charge is 0.433 e. The number of nitrogens with one attached hydrogen (secondary N) is 1. The molecular weight excluding hydrogens is 295 g/mol. The van der Waals surface area contributed by atoms with Gasteiger partial charge in [0, 0.05) is 18.3 Å². The van der Waals surface area contributed by atoms with Crippen LogP contribution in [0.15, 0.2) is 36.7 Å². The first-order valence-electron chi connectivity index (χ1n) is 6.74. The standard InChI is InChI=1S/C15H12F3N3O/c16-15(17,18)12-6-5-10(8-20-12)14(22)21-11-2-1-7-19-13(11)9-3-4-9/h1-2,5-9H,3-4H2,(H,21,22). The number of amides is 1. The van der Waals surface area contributed by atoms with Crippen LogP contribution < -0.4 is 5.32 Å². The minimum absolute atomic E-state index is 0.0681. The summed E-state index contributed by atoms with van der Waals surface area (Å²) < 4.78 is 37.3. The van der Waals surface area contributed by atoms with Crippen LogP contribution in [-0.4, -0.2) is 15.9 Å². The number of nitrogens with zero attached hydrogens (tertiary/aromatic N) is 2. The number of hydrogen-bond donors (Lipinski definition) is 1. The molecule has 1 N–H and O–H groups in total. The summed E-state index contributed by atoms with van der Waals surface area (Å²) in [6.45, 7) is 0. The van der Waals surface area contributed by atoms with Crippen molar-refractivity contribution in [2.24, 2.45) is 0 Å². The molecule has 114 valence electrons. The number of rotatable bonds is 3. The topological polar surface area (TPSA) is 54.9 Å². The van der Waals surface area contributed by atoms with E-state index in [4.69, 9.17) is 0 Å². The van der Waals surface area contributed by atoms with Crippen molar-refractivity contribution in [1.82, 2.24) is 9.97 Å². The number of aromatic nitrogens is 2. The second-order valence-electron chi connectivity index (χ2n) is 5.09. The maximum Gasteiger partial charge on any atom is 0.433 e. The second-order valence-corrected chi connectivity index (χ2v) is 5.09. The van der Waals surface area contributed by atoms with Gasteiger partial charge in [0.25, 0.3) is 5.91 Å². The first-order valence-corrected chi connectivity index (χ1v) is 6.74. The Morgan fingerprint density at radius 2 is 1.95 bits per heavy atom. The van der Waals surface area contributed by atoms with Crippen molar-refractivity contribution in [3.05, 3.63) is 53.6 Å². The normalized spacial score (nSPS) is 14.7. The molecule has 2 heterocycles. The number of hydrogen-bond acceptors (Lipinski definition) is 3. The SMILES string of the molecule is O=C(Nc1cccnc1C1CC1)c1ccc(C(F)(F)F)nc1. The molecule has 2 aromatic heterocycles. The summed E-state index contributed by atoms with van der Waals surface area (Å²) in [6.07, 6.45) is 0.120. The molecule has 2 aromatic rings. The van der Waals surface area contributed by atoms with E-state index in [-0.39, 0.29) is 5.56 Å². The number of carbonyl (C=O) groups excluding carboxylic acids is 1. The zero-order valence-electron chi connectivity index (χ0n) is 11.4. The molecule has 1 aliphatic carbocycles. The van der Waals surface area contributed by atoms with E-state index in [0.29, 0.717) is 11.6 Å². The lowest BCUT2D eigenvalue weighted by Gasteiger charge is -2.10. The van der Waals surface area contributed by atoms with Crippen LogP contribution in [0, 0.1) is 0 Å². The van der Waals surface area contributed by atoms with Gasteiger partial charge in [0.2, 0.25) is 0 Å².